The molecule has 2 aliphatic rings. The number of hydrogen-bond acceptors (Lipinski definition) is 4. The molecule has 0 radical (unpaired) electrons. The number of nitrogens with zero attached hydrogens (tertiary/aromatic N) is 2. The second kappa shape index (κ2) is 6.99. The molecule has 1 aromatic rings. The molecule has 2 aliphatic carbocycles. The van der Waals surface area contributed by atoms with Gasteiger partial charge in [-0.2, -0.15) is 0 Å². The third-order valence-electron chi connectivity index (χ3n) is 5.02. The molecule has 1 N–H and O–H groups in total. The lowest BCUT2D eigenvalue weighted by molar-refractivity contribution is -0.118. The minimum Gasteiger partial charge on any atom is -0.355 e. The minimum absolute atomic E-state index is 0.0934. The Morgan fingerprint density at radius 3 is 2.68 bits per heavy atom. The average Bonchev–Trinajstić information content (AvgIpc) is 3.07. The first kappa shape index (κ1) is 15.8. The summed E-state index contributed by atoms with van der Waals surface area (Å²) in [6.07, 6.45) is 6.85. The molecule has 2 saturated carbocycles. The maximum absolute atomic E-state index is 11.9. The first-order chi connectivity index (χ1) is 10.6. The molecule has 1 heterocycles. The highest BCUT2D eigenvalue weighted by atomic mass is 32.2. The molecule has 2 bridgehead atoms. The van der Waals surface area contributed by atoms with Crippen molar-refractivity contribution in [2.24, 2.45) is 17.8 Å². The number of carbonyl (C=O) groups is 1. The van der Waals surface area contributed by atoms with Gasteiger partial charge in [-0.3, -0.25) is 4.79 Å². The molecule has 0 saturated heterocycles. The van der Waals surface area contributed by atoms with Gasteiger partial charge in [-0.05, 0) is 63.4 Å². The number of rotatable bonds is 6. The van der Waals surface area contributed by atoms with Crippen LogP contribution < -0.4 is 5.32 Å². The number of aryl methyl sites for hydroxylation is 2. The fourth-order valence-electron chi connectivity index (χ4n) is 4.07. The van der Waals surface area contributed by atoms with Gasteiger partial charge < -0.3 is 5.32 Å². The first-order valence-electron chi connectivity index (χ1n) is 8.32. The molecule has 0 aromatic carbocycles. The number of carbonyl (C=O) groups excluding carboxylic acids is 1. The second-order valence-electron chi connectivity index (χ2n) is 6.80. The van der Waals surface area contributed by atoms with Gasteiger partial charge in [0.15, 0.2) is 5.16 Å². The molecule has 3 atom stereocenters. The molecule has 120 valence electrons. The smallest absolute Gasteiger partial charge is 0.230 e. The summed E-state index contributed by atoms with van der Waals surface area (Å²) in [5.74, 6) is 3.29. The number of aromatic nitrogens is 2. The molecule has 4 nitrogen and oxygen atoms in total. The molecule has 0 spiro atoms. The van der Waals surface area contributed by atoms with Crippen LogP contribution >= 0.6 is 11.8 Å². The van der Waals surface area contributed by atoms with Gasteiger partial charge in [-0.25, -0.2) is 9.97 Å². The molecule has 0 unspecified atom stereocenters. The van der Waals surface area contributed by atoms with Crippen molar-refractivity contribution in [1.82, 2.24) is 15.3 Å². The van der Waals surface area contributed by atoms with Gasteiger partial charge >= 0.3 is 0 Å². The van der Waals surface area contributed by atoms with E-state index in [9.17, 15) is 4.79 Å². The maximum Gasteiger partial charge on any atom is 0.230 e. The van der Waals surface area contributed by atoms with Crippen LogP contribution in [0, 0.1) is 31.6 Å². The number of thioether (sulfide) groups is 1. The van der Waals surface area contributed by atoms with Gasteiger partial charge in [0.05, 0.1) is 5.75 Å². The third-order valence-corrected chi connectivity index (χ3v) is 5.86. The Morgan fingerprint density at radius 1 is 1.27 bits per heavy atom. The fraction of sp³-hybridized carbons (Fsp3) is 0.706. The number of nitrogens with one attached hydrogen (secondary N) is 1. The maximum atomic E-state index is 11.9. The second-order valence-corrected chi connectivity index (χ2v) is 7.74. The zero-order valence-electron chi connectivity index (χ0n) is 13.5. The lowest BCUT2D eigenvalue weighted by atomic mass is 9.86. The summed E-state index contributed by atoms with van der Waals surface area (Å²) in [5.41, 5.74) is 1.90. The largest absolute Gasteiger partial charge is 0.355 e. The van der Waals surface area contributed by atoms with E-state index < -0.39 is 0 Å². The molecule has 5 heteroatoms. The van der Waals surface area contributed by atoms with Crippen LogP contribution in [-0.2, 0) is 4.79 Å². The Bertz CT molecular complexity index is 528. The first-order valence-corrected chi connectivity index (χ1v) is 9.30. The normalized spacial score (nSPS) is 26.4. The molecule has 22 heavy (non-hydrogen) atoms. The lowest BCUT2D eigenvalue weighted by Gasteiger charge is -2.21. The van der Waals surface area contributed by atoms with Crippen LogP contribution in [0.5, 0.6) is 0 Å². The molecular formula is C17H25N3OS. The molecule has 3 rings (SSSR count). The van der Waals surface area contributed by atoms with Crippen LogP contribution in [0.1, 0.15) is 43.5 Å². The lowest BCUT2D eigenvalue weighted by Crippen LogP contribution is -2.28. The minimum atomic E-state index is 0.0934. The SMILES string of the molecule is Cc1cc(C)nc(SCC(=O)NCC[C@@H]2C[C@H]3CC[C@H]2C3)n1. The quantitative estimate of drug-likeness (QED) is 0.646. The van der Waals surface area contributed by atoms with Crippen molar-refractivity contribution in [3.8, 4) is 0 Å². The summed E-state index contributed by atoms with van der Waals surface area (Å²) in [6, 6.07) is 1.94. The summed E-state index contributed by atoms with van der Waals surface area (Å²) >= 11 is 1.42. The highest BCUT2D eigenvalue weighted by molar-refractivity contribution is 7.99. The standard InChI is InChI=1S/C17H25N3OS/c1-11-7-12(2)20-17(19-11)22-10-16(21)18-6-5-15-9-13-3-4-14(15)8-13/h7,13-15H,3-6,8-10H2,1-2H3,(H,18,21)/t13-,14-,15+/m0/s1. The summed E-state index contributed by atoms with van der Waals surface area (Å²) in [5, 5.41) is 3.75. The van der Waals surface area contributed by atoms with Crippen molar-refractivity contribution >= 4 is 17.7 Å². The molecule has 2 fully saturated rings. The van der Waals surface area contributed by atoms with E-state index >= 15 is 0 Å². The van der Waals surface area contributed by atoms with Crippen molar-refractivity contribution in [2.45, 2.75) is 51.1 Å². The van der Waals surface area contributed by atoms with Crippen LogP contribution in [0.15, 0.2) is 11.2 Å². The zero-order valence-corrected chi connectivity index (χ0v) is 14.3. The van der Waals surface area contributed by atoms with Gasteiger partial charge in [-0.15, -0.1) is 0 Å². The van der Waals surface area contributed by atoms with Crippen molar-refractivity contribution < 1.29 is 4.79 Å². The predicted octanol–water partition coefficient (Wildman–Crippen LogP) is 3.13. The highest BCUT2D eigenvalue weighted by Gasteiger charge is 2.38. The van der Waals surface area contributed by atoms with E-state index in [0.717, 1.165) is 42.1 Å². The topological polar surface area (TPSA) is 54.9 Å². The van der Waals surface area contributed by atoms with Crippen LogP contribution in [-0.4, -0.2) is 28.2 Å². The van der Waals surface area contributed by atoms with Crippen molar-refractivity contribution in [3.05, 3.63) is 17.5 Å². The Morgan fingerprint density at radius 2 is 2.05 bits per heavy atom. The van der Waals surface area contributed by atoms with Gasteiger partial charge in [0.25, 0.3) is 0 Å². The number of fused-ring (bicyclic) bond motifs is 2. The van der Waals surface area contributed by atoms with Gasteiger partial charge in [0.1, 0.15) is 0 Å². The van der Waals surface area contributed by atoms with Gasteiger partial charge in [0, 0.05) is 17.9 Å². The van der Waals surface area contributed by atoms with Crippen molar-refractivity contribution in [3.63, 3.8) is 0 Å². The van der Waals surface area contributed by atoms with Gasteiger partial charge in [-0.1, -0.05) is 18.2 Å². The predicted molar refractivity (Wildman–Crippen MR) is 88.8 cm³/mol. The van der Waals surface area contributed by atoms with E-state index in [0.29, 0.717) is 10.9 Å². The van der Waals surface area contributed by atoms with E-state index in [-0.39, 0.29) is 5.91 Å². The summed E-state index contributed by atoms with van der Waals surface area (Å²) in [6.45, 7) is 4.73. The summed E-state index contributed by atoms with van der Waals surface area (Å²) in [4.78, 5) is 20.6. The number of hydrogen-bond donors (Lipinski definition) is 1. The van der Waals surface area contributed by atoms with Crippen LogP contribution in [0.3, 0.4) is 0 Å². The Hall–Kier alpha value is -1.10. The molecular weight excluding hydrogens is 294 g/mol. The Labute approximate surface area is 136 Å². The summed E-state index contributed by atoms with van der Waals surface area (Å²) < 4.78 is 0. The van der Waals surface area contributed by atoms with Crippen LogP contribution in [0.4, 0.5) is 0 Å². The van der Waals surface area contributed by atoms with Gasteiger partial charge in [0.2, 0.25) is 5.91 Å². The van der Waals surface area contributed by atoms with E-state index in [2.05, 4.69) is 15.3 Å². The Balaban J connectivity index is 1.36. The van der Waals surface area contributed by atoms with Crippen molar-refractivity contribution in [2.75, 3.05) is 12.3 Å². The van der Waals surface area contributed by atoms with Crippen LogP contribution in [0.25, 0.3) is 0 Å². The molecule has 1 amide bonds. The molecule has 1 aromatic heterocycles. The Kier molecular flexibility index (Phi) is 5.01. The highest BCUT2D eigenvalue weighted by Crippen LogP contribution is 2.49. The van der Waals surface area contributed by atoms with E-state index in [1.165, 1.54) is 37.4 Å². The summed E-state index contributed by atoms with van der Waals surface area (Å²) in [7, 11) is 0. The third kappa shape index (κ3) is 4.00. The fourth-order valence-corrected chi connectivity index (χ4v) is 4.85. The zero-order chi connectivity index (χ0) is 15.5. The monoisotopic (exact) mass is 319 g/mol. The van der Waals surface area contributed by atoms with Crippen LogP contribution in [0.2, 0.25) is 0 Å². The van der Waals surface area contributed by atoms with E-state index in [1.54, 1.807) is 0 Å². The molecule has 0 aliphatic heterocycles. The van der Waals surface area contributed by atoms with Crippen molar-refractivity contribution in [1.29, 1.82) is 0 Å². The number of amides is 1. The van der Waals surface area contributed by atoms with E-state index in [1.807, 2.05) is 19.9 Å². The average molecular weight is 319 g/mol. The van der Waals surface area contributed by atoms with E-state index in [4.69, 9.17) is 0 Å².